The van der Waals surface area contributed by atoms with E-state index in [4.69, 9.17) is 4.74 Å². The number of benzene rings is 2. The second-order valence-electron chi connectivity index (χ2n) is 11.2. The zero-order chi connectivity index (χ0) is 22.8. The quantitative estimate of drug-likeness (QED) is 0.447. The van der Waals surface area contributed by atoms with Crippen LogP contribution in [0.1, 0.15) is 80.9 Å². The first-order chi connectivity index (χ1) is 16.1. The van der Waals surface area contributed by atoms with Crippen molar-refractivity contribution in [3.8, 4) is 5.75 Å². The van der Waals surface area contributed by atoms with Crippen molar-refractivity contribution in [2.45, 2.75) is 83.3 Å². The van der Waals surface area contributed by atoms with Crippen LogP contribution in [0.5, 0.6) is 5.75 Å². The van der Waals surface area contributed by atoms with Gasteiger partial charge in [0.25, 0.3) is 0 Å². The molecule has 0 radical (unpaired) electrons. The Labute approximate surface area is 199 Å². The number of aliphatic hydroxyl groups excluding tert-OH is 1. The van der Waals surface area contributed by atoms with Crippen molar-refractivity contribution >= 4 is 0 Å². The molecule has 2 N–H and O–H groups in total. The number of ether oxygens (including phenoxy) is 1. The number of phenolic OH excluding ortho intramolecular Hbond substituents is 1. The number of rotatable bonds is 8. The Bertz CT molecular complexity index is 925. The summed E-state index contributed by atoms with van der Waals surface area (Å²) >= 11 is 0. The summed E-state index contributed by atoms with van der Waals surface area (Å²) in [6.07, 6.45) is 10.2. The molecule has 2 saturated carbocycles. The van der Waals surface area contributed by atoms with Crippen molar-refractivity contribution < 1.29 is 14.9 Å². The summed E-state index contributed by atoms with van der Waals surface area (Å²) in [7, 11) is 0. The van der Waals surface area contributed by atoms with Crippen LogP contribution in [-0.2, 0) is 17.8 Å². The normalized spacial score (nSPS) is 32.7. The predicted molar refractivity (Wildman–Crippen MR) is 132 cm³/mol. The lowest BCUT2D eigenvalue weighted by Gasteiger charge is -2.53. The minimum atomic E-state index is -0.132. The summed E-state index contributed by atoms with van der Waals surface area (Å²) in [4.78, 5) is 0. The largest absolute Gasteiger partial charge is 0.508 e. The fourth-order valence-corrected chi connectivity index (χ4v) is 7.58. The Morgan fingerprint density at radius 2 is 1.85 bits per heavy atom. The predicted octanol–water partition coefficient (Wildman–Crippen LogP) is 6.61. The van der Waals surface area contributed by atoms with E-state index in [1.807, 2.05) is 18.2 Å². The molecule has 0 bridgehead atoms. The summed E-state index contributed by atoms with van der Waals surface area (Å²) in [5.41, 5.74) is 4.19. The first-order valence-electron chi connectivity index (χ1n) is 13.2. The van der Waals surface area contributed by atoms with E-state index in [-0.39, 0.29) is 11.5 Å². The van der Waals surface area contributed by atoms with Gasteiger partial charge in [-0.2, -0.15) is 0 Å². The number of fused-ring (bicyclic) bond motifs is 5. The molecule has 2 aromatic carbocycles. The van der Waals surface area contributed by atoms with Gasteiger partial charge in [0.2, 0.25) is 0 Å². The molecule has 178 valence electrons. The van der Waals surface area contributed by atoms with Crippen LogP contribution in [0.4, 0.5) is 0 Å². The van der Waals surface area contributed by atoms with Crippen molar-refractivity contribution in [3.05, 3.63) is 65.2 Å². The number of unbranched alkanes of at least 4 members (excludes halogenated alkanes) is 2. The van der Waals surface area contributed by atoms with E-state index < -0.39 is 0 Å². The van der Waals surface area contributed by atoms with Crippen LogP contribution in [0.2, 0.25) is 0 Å². The second kappa shape index (κ2) is 9.80. The molecule has 5 rings (SSSR count). The summed E-state index contributed by atoms with van der Waals surface area (Å²) in [6.45, 7) is 3.89. The fourth-order valence-electron chi connectivity index (χ4n) is 7.58. The van der Waals surface area contributed by atoms with E-state index in [0.717, 1.165) is 32.3 Å². The van der Waals surface area contributed by atoms with E-state index in [1.165, 1.54) is 48.8 Å². The van der Waals surface area contributed by atoms with Gasteiger partial charge in [-0.15, -0.1) is 0 Å². The molecule has 0 saturated heterocycles. The molecular formula is C30H40O3. The van der Waals surface area contributed by atoms with Crippen LogP contribution in [0.25, 0.3) is 0 Å². The zero-order valence-corrected chi connectivity index (χ0v) is 20.1. The summed E-state index contributed by atoms with van der Waals surface area (Å²) in [5, 5.41) is 21.0. The first-order valence-corrected chi connectivity index (χ1v) is 13.2. The number of hydrogen-bond acceptors (Lipinski definition) is 3. The van der Waals surface area contributed by atoms with Gasteiger partial charge >= 0.3 is 0 Å². The van der Waals surface area contributed by atoms with Crippen LogP contribution in [0.3, 0.4) is 0 Å². The molecule has 3 aliphatic carbocycles. The monoisotopic (exact) mass is 448 g/mol. The lowest BCUT2D eigenvalue weighted by molar-refractivity contribution is -0.0396. The van der Waals surface area contributed by atoms with E-state index in [0.29, 0.717) is 36.0 Å². The highest BCUT2D eigenvalue weighted by atomic mass is 16.5. The van der Waals surface area contributed by atoms with Gasteiger partial charge in [0, 0.05) is 6.61 Å². The average molecular weight is 449 g/mol. The molecule has 6 atom stereocenters. The van der Waals surface area contributed by atoms with Crippen LogP contribution in [-0.4, -0.2) is 22.9 Å². The highest BCUT2D eigenvalue weighted by Gasteiger charge is 2.56. The molecule has 0 heterocycles. The van der Waals surface area contributed by atoms with Gasteiger partial charge < -0.3 is 14.9 Å². The molecule has 2 fully saturated rings. The first kappa shape index (κ1) is 22.9. The minimum absolute atomic E-state index is 0.0963. The Morgan fingerprint density at radius 3 is 2.70 bits per heavy atom. The molecule has 0 spiro atoms. The molecule has 3 heteroatoms. The van der Waals surface area contributed by atoms with Gasteiger partial charge in [-0.25, -0.2) is 0 Å². The van der Waals surface area contributed by atoms with Gasteiger partial charge in [-0.3, -0.25) is 0 Å². The van der Waals surface area contributed by atoms with Crippen LogP contribution >= 0.6 is 0 Å². The van der Waals surface area contributed by atoms with E-state index in [9.17, 15) is 10.2 Å². The van der Waals surface area contributed by atoms with Crippen molar-refractivity contribution in [1.82, 2.24) is 0 Å². The minimum Gasteiger partial charge on any atom is -0.508 e. The molecule has 0 unspecified atom stereocenters. The van der Waals surface area contributed by atoms with Crippen molar-refractivity contribution in [3.63, 3.8) is 0 Å². The molecule has 3 nitrogen and oxygen atoms in total. The van der Waals surface area contributed by atoms with Crippen LogP contribution in [0, 0.1) is 23.2 Å². The van der Waals surface area contributed by atoms with Crippen LogP contribution in [0.15, 0.2) is 48.5 Å². The number of aromatic hydroxyl groups is 1. The Morgan fingerprint density at radius 1 is 1.00 bits per heavy atom. The second-order valence-corrected chi connectivity index (χ2v) is 11.2. The van der Waals surface area contributed by atoms with Crippen molar-refractivity contribution in [2.75, 3.05) is 6.61 Å². The van der Waals surface area contributed by atoms with E-state index >= 15 is 0 Å². The van der Waals surface area contributed by atoms with Gasteiger partial charge in [-0.05, 0) is 103 Å². The van der Waals surface area contributed by atoms with E-state index in [1.54, 1.807) is 0 Å². The SMILES string of the molecule is C[C@]12CC[C@@H]3c4ccc(O)cc4C[C@H](CCCCCOCc4ccccc4)[C@H]3[C@@H]1CC[C@@H]2O. The maximum atomic E-state index is 10.8. The van der Waals surface area contributed by atoms with Crippen molar-refractivity contribution in [1.29, 1.82) is 0 Å². The molecule has 33 heavy (non-hydrogen) atoms. The average Bonchev–Trinajstić information content (AvgIpc) is 3.13. The third-order valence-electron chi connectivity index (χ3n) is 9.31. The smallest absolute Gasteiger partial charge is 0.115 e. The number of aliphatic hydroxyl groups is 1. The lowest BCUT2D eigenvalue weighted by Crippen LogP contribution is -2.47. The van der Waals surface area contributed by atoms with Gasteiger partial charge in [-0.1, -0.05) is 56.2 Å². The molecule has 0 amide bonds. The Hall–Kier alpha value is -1.84. The number of hydrogen-bond donors (Lipinski definition) is 2. The Balaban J connectivity index is 1.20. The maximum Gasteiger partial charge on any atom is 0.115 e. The highest BCUT2D eigenvalue weighted by Crippen LogP contribution is 2.62. The topological polar surface area (TPSA) is 49.7 Å². The third kappa shape index (κ3) is 4.59. The number of phenols is 1. The molecular weight excluding hydrogens is 408 g/mol. The Kier molecular flexibility index (Phi) is 6.81. The van der Waals surface area contributed by atoms with E-state index in [2.05, 4.69) is 37.3 Å². The maximum absolute atomic E-state index is 10.8. The summed E-state index contributed by atoms with van der Waals surface area (Å²) < 4.78 is 5.88. The van der Waals surface area contributed by atoms with Gasteiger partial charge in [0.05, 0.1) is 12.7 Å². The summed E-state index contributed by atoms with van der Waals surface area (Å²) in [6, 6.07) is 16.5. The standard InChI is InChI=1S/C30H40O3/c1-30-16-15-26-25-12-11-24(31)19-23(25)18-22(29(26)27(30)13-14-28(30)32)10-6-3-7-17-33-20-21-8-4-2-5-9-21/h2,4-5,8-9,11-12,19,22,26-29,31-32H,3,6-7,10,13-18,20H2,1H3/t22-,26+,27-,28-,29+,30-/m0/s1. The molecule has 2 aromatic rings. The molecule has 3 aliphatic rings. The van der Waals surface area contributed by atoms with Gasteiger partial charge in [0.1, 0.15) is 5.75 Å². The lowest BCUT2D eigenvalue weighted by atomic mass is 9.52. The van der Waals surface area contributed by atoms with Crippen LogP contribution < -0.4 is 0 Å². The highest BCUT2D eigenvalue weighted by molar-refractivity contribution is 5.40. The summed E-state index contributed by atoms with van der Waals surface area (Å²) in [5.74, 6) is 2.96. The molecule has 0 aliphatic heterocycles. The molecule has 0 aromatic heterocycles. The third-order valence-corrected chi connectivity index (χ3v) is 9.31. The zero-order valence-electron chi connectivity index (χ0n) is 20.1. The van der Waals surface area contributed by atoms with Gasteiger partial charge in [0.15, 0.2) is 0 Å². The van der Waals surface area contributed by atoms with Crippen molar-refractivity contribution in [2.24, 2.45) is 23.2 Å². The fraction of sp³-hybridized carbons (Fsp3) is 0.600.